The highest BCUT2D eigenvalue weighted by atomic mass is 16.5. The van der Waals surface area contributed by atoms with Crippen molar-refractivity contribution in [3.63, 3.8) is 0 Å². The van der Waals surface area contributed by atoms with Gasteiger partial charge in [0.15, 0.2) is 6.10 Å². The number of hydrogen-bond donors (Lipinski definition) is 2. The summed E-state index contributed by atoms with van der Waals surface area (Å²) in [6, 6.07) is 4.59. The van der Waals surface area contributed by atoms with Crippen molar-refractivity contribution >= 4 is 5.97 Å². The molecular formula is C10H12O5. The van der Waals surface area contributed by atoms with E-state index in [4.69, 9.17) is 14.6 Å². The van der Waals surface area contributed by atoms with Crippen LogP contribution in [0.4, 0.5) is 0 Å². The number of rotatable bonds is 4. The number of aliphatic carboxylic acids is 1. The van der Waals surface area contributed by atoms with Crippen molar-refractivity contribution in [2.24, 2.45) is 0 Å². The Morgan fingerprint density at radius 1 is 1.33 bits per heavy atom. The number of carboxylic acid groups (broad SMARTS) is 1. The molecule has 0 saturated heterocycles. The Morgan fingerprint density at radius 3 is 2.47 bits per heavy atom. The van der Waals surface area contributed by atoms with E-state index in [9.17, 15) is 9.90 Å². The smallest absolute Gasteiger partial charge is 0.337 e. The van der Waals surface area contributed by atoms with Crippen LogP contribution in [-0.2, 0) is 4.79 Å². The van der Waals surface area contributed by atoms with Crippen molar-refractivity contribution < 1.29 is 24.5 Å². The lowest BCUT2D eigenvalue weighted by Gasteiger charge is -2.12. The molecule has 5 heteroatoms. The summed E-state index contributed by atoms with van der Waals surface area (Å²) in [5.74, 6) is -0.557. The first-order valence-corrected chi connectivity index (χ1v) is 4.23. The van der Waals surface area contributed by atoms with Crippen LogP contribution in [0.2, 0.25) is 0 Å². The number of methoxy groups -OCH3 is 2. The van der Waals surface area contributed by atoms with Crippen LogP contribution in [-0.4, -0.2) is 30.4 Å². The van der Waals surface area contributed by atoms with E-state index in [1.54, 1.807) is 12.1 Å². The number of benzene rings is 1. The second-order valence-electron chi connectivity index (χ2n) is 2.85. The van der Waals surface area contributed by atoms with Gasteiger partial charge >= 0.3 is 5.97 Å². The van der Waals surface area contributed by atoms with Crippen molar-refractivity contribution in [3.05, 3.63) is 23.8 Å². The topological polar surface area (TPSA) is 76.0 Å². The summed E-state index contributed by atoms with van der Waals surface area (Å²) in [6.45, 7) is 0. The van der Waals surface area contributed by atoms with E-state index in [1.165, 1.54) is 20.3 Å². The van der Waals surface area contributed by atoms with Gasteiger partial charge in [0.2, 0.25) is 0 Å². The predicted octanol–water partition coefficient (Wildman–Crippen LogP) is 0.822. The molecule has 82 valence electrons. The quantitative estimate of drug-likeness (QED) is 0.772. The standard InChI is InChI=1S/C10H12O5/c1-14-6-3-4-8(15-2)7(5-6)9(11)10(12)13/h3-5,9,11H,1-2H3,(H,12,13)/t9-/m1/s1. The van der Waals surface area contributed by atoms with Gasteiger partial charge < -0.3 is 19.7 Å². The molecule has 0 spiro atoms. The molecule has 0 amide bonds. The molecule has 0 heterocycles. The molecule has 0 aliphatic carbocycles. The van der Waals surface area contributed by atoms with Gasteiger partial charge in [-0.2, -0.15) is 0 Å². The lowest BCUT2D eigenvalue weighted by Crippen LogP contribution is -2.11. The monoisotopic (exact) mass is 212 g/mol. The Balaban J connectivity index is 3.16. The van der Waals surface area contributed by atoms with Gasteiger partial charge in [0.25, 0.3) is 0 Å². The van der Waals surface area contributed by atoms with Crippen LogP contribution in [0.25, 0.3) is 0 Å². The van der Waals surface area contributed by atoms with Crippen molar-refractivity contribution in [3.8, 4) is 11.5 Å². The fraction of sp³-hybridized carbons (Fsp3) is 0.300. The fourth-order valence-corrected chi connectivity index (χ4v) is 1.19. The van der Waals surface area contributed by atoms with E-state index >= 15 is 0 Å². The number of hydrogen-bond acceptors (Lipinski definition) is 4. The van der Waals surface area contributed by atoms with Gasteiger partial charge in [-0.15, -0.1) is 0 Å². The lowest BCUT2D eigenvalue weighted by molar-refractivity contribution is -0.147. The van der Waals surface area contributed by atoms with Crippen LogP contribution in [0, 0.1) is 0 Å². The third-order valence-corrected chi connectivity index (χ3v) is 1.97. The Morgan fingerprint density at radius 2 is 2.00 bits per heavy atom. The van der Waals surface area contributed by atoms with Crippen molar-refractivity contribution in [1.29, 1.82) is 0 Å². The lowest BCUT2D eigenvalue weighted by atomic mass is 10.1. The third kappa shape index (κ3) is 2.38. The molecule has 1 atom stereocenters. The molecule has 1 rings (SSSR count). The SMILES string of the molecule is COc1ccc(OC)c([C@@H](O)C(=O)O)c1. The first-order chi connectivity index (χ1) is 7.10. The molecule has 0 saturated carbocycles. The van der Waals surface area contributed by atoms with Crippen LogP contribution in [0.1, 0.15) is 11.7 Å². The second kappa shape index (κ2) is 4.65. The van der Waals surface area contributed by atoms with E-state index in [0.29, 0.717) is 11.5 Å². The molecule has 5 nitrogen and oxygen atoms in total. The molecule has 1 aromatic rings. The largest absolute Gasteiger partial charge is 0.497 e. The number of aliphatic hydroxyl groups excluding tert-OH is 1. The normalized spacial score (nSPS) is 11.9. The average Bonchev–Trinajstić information content (AvgIpc) is 2.27. The van der Waals surface area contributed by atoms with Crippen LogP contribution in [0.5, 0.6) is 11.5 Å². The first-order valence-electron chi connectivity index (χ1n) is 4.23. The third-order valence-electron chi connectivity index (χ3n) is 1.97. The maximum Gasteiger partial charge on any atom is 0.337 e. The molecule has 0 unspecified atom stereocenters. The fourth-order valence-electron chi connectivity index (χ4n) is 1.19. The van der Waals surface area contributed by atoms with Crippen LogP contribution in [0.15, 0.2) is 18.2 Å². The van der Waals surface area contributed by atoms with Crippen molar-refractivity contribution in [1.82, 2.24) is 0 Å². The summed E-state index contributed by atoms with van der Waals surface area (Å²) in [4.78, 5) is 10.6. The van der Waals surface area contributed by atoms with Crippen LogP contribution < -0.4 is 9.47 Å². The van der Waals surface area contributed by atoms with E-state index in [2.05, 4.69) is 0 Å². The highest BCUT2D eigenvalue weighted by Gasteiger charge is 2.20. The number of carbonyl (C=O) groups is 1. The number of carboxylic acids is 1. The van der Waals surface area contributed by atoms with E-state index in [-0.39, 0.29) is 5.56 Å². The van der Waals surface area contributed by atoms with E-state index < -0.39 is 12.1 Å². The van der Waals surface area contributed by atoms with Crippen LogP contribution in [0.3, 0.4) is 0 Å². The first kappa shape index (κ1) is 11.3. The molecule has 1 aromatic carbocycles. The maximum atomic E-state index is 10.6. The van der Waals surface area contributed by atoms with Gasteiger partial charge in [0.05, 0.1) is 14.2 Å². The summed E-state index contributed by atoms with van der Waals surface area (Å²) < 4.78 is 9.86. The van der Waals surface area contributed by atoms with E-state index in [1.807, 2.05) is 0 Å². The summed E-state index contributed by atoms with van der Waals surface area (Å²) in [7, 11) is 2.86. The Kier molecular flexibility index (Phi) is 3.51. The Bertz CT molecular complexity index is 361. The predicted molar refractivity (Wildman–Crippen MR) is 52.1 cm³/mol. The zero-order chi connectivity index (χ0) is 11.4. The minimum absolute atomic E-state index is 0.171. The molecule has 0 aliphatic heterocycles. The molecule has 0 fully saturated rings. The Labute approximate surface area is 86.9 Å². The zero-order valence-corrected chi connectivity index (χ0v) is 8.43. The maximum absolute atomic E-state index is 10.6. The minimum Gasteiger partial charge on any atom is -0.497 e. The summed E-state index contributed by atoms with van der Waals surface area (Å²) in [5, 5.41) is 18.1. The van der Waals surface area contributed by atoms with Gasteiger partial charge in [-0.3, -0.25) is 0 Å². The molecule has 0 bridgehead atoms. The molecule has 0 aliphatic rings. The van der Waals surface area contributed by atoms with Gasteiger partial charge in [0.1, 0.15) is 11.5 Å². The van der Waals surface area contributed by atoms with Crippen molar-refractivity contribution in [2.45, 2.75) is 6.10 Å². The summed E-state index contributed by atoms with van der Waals surface area (Å²) in [5.41, 5.74) is 0.171. The zero-order valence-electron chi connectivity index (χ0n) is 8.43. The van der Waals surface area contributed by atoms with Gasteiger partial charge in [-0.25, -0.2) is 4.79 Å². The number of aliphatic hydroxyl groups is 1. The average molecular weight is 212 g/mol. The van der Waals surface area contributed by atoms with Crippen LogP contribution >= 0.6 is 0 Å². The van der Waals surface area contributed by atoms with Gasteiger partial charge in [-0.05, 0) is 18.2 Å². The minimum atomic E-state index is -1.62. The second-order valence-corrected chi connectivity index (χ2v) is 2.85. The van der Waals surface area contributed by atoms with Gasteiger partial charge in [-0.1, -0.05) is 0 Å². The molecule has 15 heavy (non-hydrogen) atoms. The van der Waals surface area contributed by atoms with E-state index in [0.717, 1.165) is 0 Å². The summed E-state index contributed by atoms with van der Waals surface area (Å²) in [6.07, 6.45) is -1.62. The Hall–Kier alpha value is -1.75. The molecular weight excluding hydrogens is 200 g/mol. The van der Waals surface area contributed by atoms with Gasteiger partial charge in [0, 0.05) is 5.56 Å². The van der Waals surface area contributed by atoms with Crippen molar-refractivity contribution in [2.75, 3.05) is 14.2 Å². The number of ether oxygens (including phenoxy) is 2. The molecule has 2 N–H and O–H groups in total. The molecule has 0 aromatic heterocycles. The highest BCUT2D eigenvalue weighted by Crippen LogP contribution is 2.29. The summed E-state index contributed by atoms with van der Waals surface area (Å²) >= 11 is 0. The highest BCUT2D eigenvalue weighted by molar-refractivity contribution is 5.75. The molecule has 0 radical (unpaired) electrons.